The lowest BCUT2D eigenvalue weighted by atomic mass is 10.1. The van der Waals surface area contributed by atoms with Gasteiger partial charge in [0.05, 0.1) is 17.8 Å². The summed E-state index contributed by atoms with van der Waals surface area (Å²) in [6.07, 6.45) is 1.50. The van der Waals surface area contributed by atoms with Crippen molar-refractivity contribution in [2.45, 2.75) is 20.4 Å². The van der Waals surface area contributed by atoms with E-state index in [1.54, 1.807) is 12.1 Å². The van der Waals surface area contributed by atoms with Crippen molar-refractivity contribution >= 4 is 16.8 Å². The average Bonchev–Trinajstić information content (AvgIpc) is 3.08. The average molecular weight is 400 g/mol. The molecule has 2 aromatic carbocycles. The van der Waals surface area contributed by atoms with Crippen LogP contribution in [0, 0.1) is 19.7 Å². The fourth-order valence-electron chi connectivity index (χ4n) is 3.52. The van der Waals surface area contributed by atoms with Gasteiger partial charge >= 0.3 is 0 Å². The molecule has 3 aromatic heterocycles. The Morgan fingerprint density at radius 3 is 2.40 bits per heavy atom. The second-order valence-corrected chi connectivity index (χ2v) is 7.24. The highest BCUT2D eigenvalue weighted by Crippen LogP contribution is 2.27. The molecule has 3 heterocycles. The number of aryl methyl sites for hydroxylation is 2. The molecule has 5 aromatic rings. The summed E-state index contributed by atoms with van der Waals surface area (Å²) in [5.41, 5.74) is 5.00. The van der Waals surface area contributed by atoms with Gasteiger partial charge in [-0.1, -0.05) is 42.0 Å². The monoisotopic (exact) mass is 400 g/mol. The van der Waals surface area contributed by atoms with Gasteiger partial charge < -0.3 is 0 Å². The summed E-state index contributed by atoms with van der Waals surface area (Å²) in [7, 11) is 0. The first-order valence-corrected chi connectivity index (χ1v) is 9.44. The molecular formula is C22H17FN6O. The first-order valence-electron chi connectivity index (χ1n) is 9.44. The van der Waals surface area contributed by atoms with Crippen LogP contribution in [0.4, 0.5) is 4.39 Å². The van der Waals surface area contributed by atoms with E-state index in [0.717, 1.165) is 22.3 Å². The van der Waals surface area contributed by atoms with Crippen LogP contribution in [0.2, 0.25) is 0 Å². The van der Waals surface area contributed by atoms with Crippen LogP contribution in [0.25, 0.3) is 27.9 Å². The van der Waals surface area contributed by atoms with Crippen molar-refractivity contribution in [3.05, 3.63) is 87.9 Å². The molecule has 0 saturated heterocycles. The van der Waals surface area contributed by atoms with Gasteiger partial charge in [0.25, 0.3) is 5.56 Å². The fourth-order valence-corrected chi connectivity index (χ4v) is 3.52. The summed E-state index contributed by atoms with van der Waals surface area (Å²) in [5, 5.41) is 12.9. The van der Waals surface area contributed by atoms with Gasteiger partial charge in [-0.05, 0) is 37.1 Å². The molecule has 7 nitrogen and oxygen atoms in total. The molecule has 0 unspecified atom stereocenters. The molecule has 0 radical (unpaired) electrons. The predicted octanol–water partition coefficient (Wildman–Crippen LogP) is 3.31. The lowest BCUT2D eigenvalue weighted by Gasteiger charge is -2.07. The van der Waals surface area contributed by atoms with Crippen LogP contribution in [-0.2, 0) is 6.54 Å². The molecule has 0 atom stereocenters. The largest absolute Gasteiger partial charge is 0.293 e. The van der Waals surface area contributed by atoms with Crippen LogP contribution in [0.15, 0.2) is 59.7 Å². The van der Waals surface area contributed by atoms with E-state index in [9.17, 15) is 9.18 Å². The smallest absolute Gasteiger partial charge is 0.283 e. The molecule has 0 aliphatic rings. The van der Waals surface area contributed by atoms with Crippen molar-refractivity contribution in [2.24, 2.45) is 0 Å². The maximum absolute atomic E-state index is 13.3. The van der Waals surface area contributed by atoms with E-state index in [1.165, 1.54) is 27.5 Å². The van der Waals surface area contributed by atoms with Gasteiger partial charge in [0.2, 0.25) is 0 Å². The Balaban J connectivity index is 1.65. The van der Waals surface area contributed by atoms with Gasteiger partial charge in [-0.2, -0.15) is 9.61 Å². The number of aromatic nitrogens is 6. The number of fused-ring (bicyclic) bond motifs is 3. The molecule has 0 saturated carbocycles. The number of nitrogens with zero attached hydrogens (tertiary/aromatic N) is 6. The minimum Gasteiger partial charge on any atom is -0.293 e. The van der Waals surface area contributed by atoms with Crippen LogP contribution in [0.5, 0.6) is 0 Å². The highest BCUT2D eigenvalue weighted by atomic mass is 19.1. The second kappa shape index (κ2) is 6.84. The normalized spacial score (nSPS) is 11.4. The van der Waals surface area contributed by atoms with E-state index in [1.807, 2.05) is 38.1 Å². The maximum Gasteiger partial charge on any atom is 0.283 e. The van der Waals surface area contributed by atoms with E-state index in [-0.39, 0.29) is 16.9 Å². The van der Waals surface area contributed by atoms with Crippen molar-refractivity contribution in [1.82, 2.24) is 29.4 Å². The number of hydrogen-bond acceptors (Lipinski definition) is 5. The van der Waals surface area contributed by atoms with Gasteiger partial charge in [0.1, 0.15) is 12.1 Å². The first-order chi connectivity index (χ1) is 14.5. The van der Waals surface area contributed by atoms with Crippen molar-refractivity contribution in [1.29, 1.82) is 0 Å². The van der Waals surface area contributed by atoms with Crippen molar-refractivity contribution < 1.29 is 4.39 Å². The van der Waals surface area contributed by atoms with Crippen molar-refractivity contribution in [3.8, 4) is 11.1 Å². The van der Waals surface area contributed by atoms with Gasteiger partial charge in [0, 0.05) is 0 Å². The van der Waals surface area contributed by atoms with Crippen molar-refractivity contribution in [2.75, 3.05) is 0 Å². The zero-order valence-electron chi connectivity index (χ0n) is 16.4. The zero-order valence-corrected chi connectivity index (χ0v) is 16.4. The molecule has 0 amide bonds. The first kappa shape index (κ1) is 18.1. The van der Waals surface area contributed by atoms with E-state index < -0.39 is 0 Å². The Morgan fingerprint density at radius 1 is 0.933 bits per heavy atom. The number of rotatable bonds is 3. The lowest BCUT2D eigenvalue weighted by molar-refractivity contribution is 0.628. The summed E-state index contributed by atoms with van der Waals surface area (Å²) in [4.78, 5) is 17.4. The van der Waals surface area contributed by atoms with Crippen LogP contribution in [0.1, 0.15) is 16.8 Å². The molecule has 148 valence electrons. The molecule has 8 heteroatoms. The Hall–Kier alpha value is -3.94. The molecule has 30 heavy (non-hydrogen) atoms. The van der Waals surface area contributed by atoms with Crippen LogP contribution >= 0.6 is 0 Å². The van der Waals surface area contributed by atoms with Gasteiger partial charge in [-0.25, -0.2) is 9.37 Å². The molecule has 0 aliphatic carbocycles. The van der Waals surface area contributed by atoms with Crippen LogP contribution in [-0.4, -0.2) is 29.4 Å². The van der Waals surface area contributed by atoms with E-state index >= 15 is 0 Å². The van der Waals surface area contributed by atoms with Crippen LogP contribution in [0.3, 0.4) is 0 Å². The topological polar surface area (TPSA) is 78.0 Å². The van der Waals surface area contributed by atoms with Crippen LogP contribution < -0.4 is 5.56 Å². The summed E-state index contributed by atoms with van der Waals surface area (Å²) < 4.78 is 16.3. The number of hydrogen-bond donors (Lipinski definition) is 0. The SMILES string of the molecule is Cc1ccc(Cn2cnc3c(nnc4c(-c5ccc(F)cc5)c(C)nn43)c2=O)cc1. The minimum absolute atomic E-state index is 0.144. The quantitative estimate of drug-likeness (QED) is 0.464. The van der Waals surface area contributed by atoms with E-state index in [4.69, 9.17) is 0 Å². The molecule has 0 bridgehead atoms. The van der Waals surface area contributed by atoms with E-state index in [0.29, 0.717) is 23.5 Å². The maximum atomic E-state index is 13.3. The molecule has 0 spiro atoms. The standard InChI is InChI=1S/C22H17FN6O/c1-13-3-5-15(6-4-13)11-28-12-24-21-19(22(28)30)25-26-20-18(14(2)27-29(20)21)16-7-9-17(23)10-8-16/h3-10,12H,11H2,1-2H3. The van der Waals surface area contributed by atoms with Crippen molar-refractivity contribution in [3.63, 3.8) is 0 Å². The predicted molar refractivity (Wildman–Crippen MR) is 111 cm³/mol. The van der Waals surface area contributed by atoms with E-state index in [2.05, 4.69) is 20.3 Å². The zero-order chi connectivity index (χ0) is 20.8. The third-order valence-electron chi connectivity index (χ3n) is 5.08. The van der Waals surface area contributed by atoms with Gasteiger partial charge in [-0.3, -0.25) is 9.36 Å². The highest BCUT2D eigenvalue weighted by molar-refractivity contribution is 5.83. The fraction of sp³-hybridized carbons (Fsp3) is 0.136. The highest BCUT2D eigenvalue weighted by Gasteiger charge is 2.18. The Morgan fingerprint density at radius 2 is 1.67 bits per heavy atom. The Kier molecular flexibility index (Phi) is 4.13. The molecule has 5 rings (SSSR count). The summed E-state index contributed by atoms with van der Waals surface area (Å²) >= 11 is 0. The summed E-state index contributed by atoms with van der Waals surface area (Å²) in [6, 6.07) is 14.1. The second-order valence-electron chi connectivity index (χ2n) is 7.24. The Labute approximate surface area is 170 Å². The molecule has 0 fully saturated rings. The minimum atomic E-state index is -0.319. The number of halogens is 1. The van der Waals surface area contributed by atoms with Gasteiger partial charge in [-0.15, -0.1) is 10.2 Å². The number of benzene rings is 2. The summed E-state index contributed by atoms with van der Waals surface area (Å²) in [6.45, 7) is 4.24. The third-order valence-corrected chi connectivity index (χ3v) is 5.08. The molecule has 0 aliphatic heterocycles. The lowest BCUT2D eigenvalue weighted by Crippen LogP contribution is -2.23. The van der Waals surface area contributed by atoms with Gasteiger partial charge in [0.15, 0.2) is 16.8 Å². The Bertz CT molecular complexity index is 1450. The molecular weight excluding hydrogens is 383 g/mol. The summed E-state index contributed by atoms with van der Waals surface area (Å²) in [5.74, 6) is -0.319. The molecule has 0 N–H and O–H groups in total. The third kappa shape index (κ3) is 2.93.